The Morgan fingerprint density at radius 2 is 1.85 bits per heavy atom. The van der Waals surface area contributed by atoms with Gasteiger partial charge in [-0.2, -0.15) is 5.26 Å². The van der Waals surface area contributed by atoms with E-state index < -0.39 is 0 Å². The van der Waals surface area contributed by atoms with Crippen molar-refractivity contribution in [2.24, 2.45) is 5.92 Å². The molecule has 2 aromatic rings. The molecule has 1 N–H and O–H groups in total. The number of ether oxygens (including phenoxy) is 1. The molecule has 2 aliphatic carbocycles. The SMILES string of the molecule is COc1ccc(C2(C#N)CC2)cc1CNC1CCC(c2ccccc2)N1C(=O)C1CCCCC1. The number of carbonyl (C=O) groups is 1. The van der Waals surface area contributed by atoms with Gasteiger partial charge in [0.25, 0.3) is 0 Å². The van der Waals surface area contributed by atoms with E-state index in [-0.39, 0.29) is 23.5 Å². The molecule has 3 aliphatic rings. The van der Waals surface area contributed by atoms with Crippen LogP contribution in [-0.2, 0) is 16.8 Å². The summed E-state index contributed by atoms with van der Waals surface area (Å²) in [6.45, 7) is 0.610. The topological polar surface area (TPSA) is 65.4 Å². The molecule has 2 saturated carbocycles. The number of rotatable bonds is 7. The summed E-state index contributed by atoms with van der Waals surface area (Å²) in [5.74, 6) is 1.28. The number of benzene rings is 2. The molecule has 2 unspecified atom stereocenters. The lowest BCUT2D eigenvalue weighted by molar-refractivity contribution is -0.140. The highest BCUT2D eigenvalue weighted by molar-refractivity contribution is 5.80. The van der Waals surface area contributed by atoms with Crippen LogP contribution in [0.1, 0.15) is 80.5 Å². The lowest BCUT2D eigenvalue weighted by atomic mass is 9.88. The van der Waals surface area contributed by atoms with E-state index >= 15 is 0 Å². The van der Waals surface area contributed by atoms with Gasteiger partial charge in [0.1, 0.15) is 5.75 Å². The fraction of sp³-hybridized carbons (Fsp3) is 0.517. The number of nitrogens with zero attached hydrogens (tertiary/aromatic N) is 2. The maximum atomic E-state index is 13.8. The molecule has 0 radical (unpaired) electrons. The molecule has 5 heteroatoms. The third kappa shape index (κ3) is 4.44. The smallest absolute Gasteiger partial charge is 0.227 e. The van der Waals surface area contributed by atoms with Crippen molar-refractivity contribution < 1.29 is 9.53 Å². The monoisotopic (exact) mass is 457 g/mol. The Hall–Kier alpha value is -2.84. The van der Waals surface area contributed by atoms with Gasteiger partial charge in [-0.1, -0.05) is 55.7 Å². The third-order valence-corrected chi connectivity index (χ3v) is 8.10. The Bertz CT molecular complexity index is 1050. The Kier molecular flexibility index (Phi) is 6.61. The van der Waals surface area contributed by atoms with Gasteiger partial charge >= 0.3 is 0 Å². The summed E-state index contributed by atoms with van der Waals surface area (Å²) < 4.78 is 5.64. The van der Waals surface area contributed by atoms with Crippen molar-refractivity contribution in [1.82, 2.24) is 10.2 Å². The number of nitriles is 1. The minimum atomic E-state index is -0.324. The van der Waals surface area contributed by atoms with Crippen LogP contribution in [0.15, 0.2) is 48.5 Å². The third-order valence-electron chi connectivity index (χ3n) is 8.10. The molecule has 3 fully saturated rings. The van der Waals surface area contributed by atoms with E-state index in [0.717, 1.165) is 68.2 Å². The number of amides is 1. The zero-order valence-electron chi connectivity index (χ0n) is 20.1. The van der Waals surface area contributed by atoms with Gasteiger partial charge in [-0.3, -0.25) is 10.1 Å². The van der Waals surface area contributed by atoms with Gasteiger partial charge in [-0.05, 0) is 61.8 Å². The summed E-state index contributed by atoms with van der Waals surface area (Å²) >= 11 is 0. The summed E-state index contributed by atoms with van der Waals surface area (Å²) in [6.07, 6.45) is 9.32. The highest BCUT2D eigenvalue weighted by Gasteiger charge is 2.45. The normalized spacial score (nSPS) is 23.9. The van der Waals surface area contributed by atoms with E-state index in [9.17, 15) is 10.1 Å². The summed E-state index contributed by atoms with van der Waals surface area (Å²) in [6, 6.07) is 19.2. The van der Waals surface area contributed by atoms with Crippen LogP contribution in [0.3, 0.4) is 0 Å². The van der Waals surface area contributed by atoms with Crippen LogP contribution in [0.4, 0.5) is 0 Å². The van der Waals surface area contributed by atoms with Gasteiger partial charge in [-0.25, -0.2) is 0 Å². The minimum absolute atomic E-state index is 0.00107. The van der Waals surface area contributed by atoms with Crippen LogP contribution in [0, 0.1) is 17.2 Å². The van der Waals surface area contributed by atoms with Crippen molar-refractivity contribution in [3.63, 3.8) is 0 Å². The van der Waals surface area contributed by atoms with E-state index in [1.165, 1.54) is 12.0 Å². The molecular weight excluding hydrogens is 422 g/mol. The average Bonchev–Trinajstić information content (AvgIpc) is 3.60. The van der Waals surface area contributed by atoms with Gasteiger partial charge in [0.2, 0.25) is 5.91 Å². The number of methoxy groups -OCH3 is 1. The van der Waals surface area contributed by atoms with Crippen molar-refractivity contribution in [2.45, 2.75) is 82.0 Å². The second-order valence-electron chi connectivity index (χ2n) is 10.2. The molecule has 5 nitrogen and oxygen atoms in total. The Labute approximate surface area is 203 Å². The second-order valence-corrected chi connectivity index (χ2v) is 10.2. The lowest BCUT2D eigenvalue weighted by Crippen LogP contribution is -2.48. The molecule has 1 saturated heterocycles. The molecule has 178 valence electrons. The van der Waals surface area contributed by atoms with Crippen LogP contribution < -0.4 is 10.1 Å². The molecule has 1 heterocycles. The predicted molar refractivity (Wildman–Crippen MR) is 132 cm³/mol. The summed E-state index contributed by atoms with van der Waals surface area (Å²) in [5.41, 5.74) is 3.03. The maximum Gasteiger partial charge on any atom is 0.227 e. The fourth-order valence-electron chi connectivity index (χ4n) is 5.91. The highest BCUT2D eigenvalue weighted by atomic mass is 16.5. The van der Waals surface area contributed by atoms with Gasteiger partial charge in [0.05, 0.1) is 30.8 Å². The van der Waals surface area contributed by atoms with Crippen LogP contribution in [0.25, 0.3) is 0 Å². The zero-order valence-corrected chi connectivity index (χ0v) is 20.1. The van der Waals surface area contributed by atoms with Crippen LogP contribution >= 0.6 is 0 Å². The van der Waals surface area contributed by atoms with E-state index in [0.29, 0.717) is 12.5 Å². The fourth-order valence-corrected chi connectivity index (χ4v) is 5.91. The highest BCUT2D eigenvalue weighted by Crippen LogP contribution is 2.48. The molecular formula is C29H35N3O2. The minimum Gasteiger partial charge on any atom is -0.496 e. The number of nitrogens with one attached hydrogen (secondary N) is 1. The largest absolute Gasteiger partial charge is 0.496 e. The van der Waals surface area contributed by atoms with E-state index in [1.807, 2.05) is 18.2 Å². The Balaban J connectivity index is 1.37. The molecule has 0 spiro atoms. The standard InChI is InChI=1S/C29H35N3O2/c1-34-26-14-12-24(29(20-30)16-17-29)18-23(26)19-31-27-15-13-25(21-8-4-2-5-9-21)32(27)28(33)22-10-6-3-7-11-22/h2,4-5,8-9,12,14,18,22,25,27,31H,3,6-7,10-11,13,15-17,19H2,1H3. The molecule has 34 heavy (non-hydrogen) atoms. The van der Waals surface area contributed by atoms with Gasteiger partial charge < -0.3 is 9.64 Å². The van der Waals surface area contributed by atoms with Crippen LogP contribution in [0.5, 0.6) is 5.75 Å². The van der Waals surface area contributed by atoms with Crippen LogP contribution in [-0.4, -0.2) is 24.1 Å². The van der Waals surface area contributed by atoms with Crippen molar-refractivity contribution in [2.75, 3.05) is 7.11 Å². The predicted octanol–water partition coefficient (Wildman–Crippen LogP) is 5.61. The van der Waals surface area contributed by atoms with E-state index in [2.05, 4.69) is 46.6 Å². The number of carbonyl (C=O) groups excluding carboxylic acids is 1. The molecule has 2 atom stereocenters. The van der Waals surface area contributed by atoms with Crippen molar-refractivity contribution in [3.8, 4) is 11.8 Å². The number of hydrogen-bond acceptors (Lipinski definition) is 4. The first-order chi connectivity index (χ1) is 16.6. The van der Waals surface area contributed by atoms with E-state index in [4.69, 9.17) is 4.74 Å². The first kappa shape index (κ1) is 22.9. The number of likely N-dealkylation sites (tertiary alicyclic amines) is 1. The van der Waals surface area contributed by atoms with Gasteiger partial charge in [-0.15, -0.1) is 0 Å². The van der Waals surface area contributed by atoms with Gasteiger partial charge in [0.15, 0.2) is 0 Å². The van der Waals surface area contributed by atoms with E-state index in [1.54, 1.807) is 7.11 Å². The van der Waals surface area contributed by atoms with Crippen molar-refractivity contribution in [1.29, 1.82) is 5.26 Å². The molecule has 0 aromatic heterocycles. The van der Waals surface area contributed by atoms with Crippen molar-refractivity contribution >= 4 is 5.91 Å². The summed E-state index contributed by atoms with van der Waals surface area (Å²) in [5, 5.41) is 13.3. The average molecular weight is 458 g/mol. The quantitative estimate of drug-likeness (QED) is 0.587. The Morgan fingerprint density at radius 3 is 2.53 bits per heavy atom. The first-order valence-electron chi connectivity index (χ1n) is 12.8. The molecule has 1 aliphatic heterocycles. The van der Waals surface area contributed by atoms with Gasteiger partial charge in [0, 0.05) is 18.0 Å². The molecule has 5 rings (SSSR count). The van der Waals surface area contributed by atoms with Crippen molar-refractivity contribution in [3.05, 3.63) is 65.2 Å². The lowest BCUT2D eigenvalue weighted by Gasteiger charge is -2.35. The van der Waals surface area contributed by atoms with Crippen LogP contribution in [0.2, 0.25) is 0 Å². The second kappa shape index (κ2) is 9.80. The first-order valence-corrected chi connectivity index (χ1v) is 12.8. The Morgan fingerprint density at radius 1 is 1.09 bits per heavy atom. The zero-order chi connectivity index (χ0) is 23.5. The number of hydrogen-bond donors (Lipinski definition) is 1. The molecule has 0 bridgehead atoms. The molecule has 2 aromatic carbocycles. The summed E-state index contributed by atoms with van der Waals surface area (Å²) in [7, 11) is 1.69. The maximum absolute atomic E-state index is 13.8. The molecule has 1 amide bonds. The summed E-state index contributed by atoms with van der Waals surface area (Å²) in [4.78, 5) is 15.9.